The fourth-order valence-corrected chi connectivity index (χ4v) is 1.81. The van der Waals surface area contributed by atoms with Crippen LogP contribution in [0.25, 0.3) is 0 Å². The number of phenolic OH excluding ortho intramolecular Hbond substituents is 1. The Balaban J connectivity index is 2.15. The number of hydrogen-bond donors (Lipinski definition) is 2. The van der Waals surface area contributed by atoms with Crippen molar-refractivity contribution in [1.29, 1.82) is 0 Å². The van der Waals surface area contributed by atoms with E-state index in [9.17, 15) is 9.90 Å². The summed E-state index contributed by atoms with van der Waals surface area (Å²) in [6.45, 7) is 0. The lowest BCUT2D eigenvalue weighted by Gasteiger charge is -2.09. The van der Waals surface area contributed by atoms with E-state index < -0.39 is 0 Å². The Morgan fingerprint density at radius 1 is 1.18 bits per heavy atom. The average molecular weight is 300 g/mol. The number of carbonyl (C=O) groups is 1. The molecule has 2 rings (SSSR count). The summed E-state index contributed by atoms with van der Waals surface area (Å²) in [4.78, 5) is 11.8. The number of nitrogens with zero attached hydrogens (tertiary/aromatic N) is 1. The molecule has 2 aromatic rings. The molecule has 0 aromatic heterocycles. The van der Waals surface area contributed by atoms with Gasteiger partial charge in [0.05, 0.1) is 26.0 Å². The molecule has 0 radical (unpaired) electrons. The first-order valence-electron chi connectivity index (χ1n) is 6.49. The van der Waals surface area contributed by atoms with E-state index in [0.717, 1.165) is 0 Å². The van der Waals surface area contributed by atoms with Crippen LogP contribution in [0.1, 0.15) is 15.9 Å². The minimum Gasteiger partial charge on any atom is -0.507 e. The van der Waals surface area contributed by atoms with Crippen molar-refractivity contribution in [1.82, 2.24) is 5.43 Å². The highest BCUT2D eigenvalue weighted by molar-refractivity contribution is 5.95. The summed E-state index contributed by atoms with van der Waals surface area (Å²) < 4.78 is 10.2. The second-order valence-corrected chi connectivity index (χ2v) is 4.33. The van der Waals surface area contributed by atoms with Gasteiger partial charge in [0.1, 0.15) is 17.2 Å². The number of nitrogens with one attached hydrogen (secondary N) is 1. The van der Waals surface area contributed by atoms with Crippen LogP contribution in [0.5, 0.6) is 17.2 Å². The molecule has 0 bridgehead atoms. The number of aromatic hydroxyl groups is 1. The lowest BCUT2D eigenvalue weighted by atomic mass is 10.2. The van der Waals surface area contributed by atoms with Gasteiger partial charge in [0.2, 0.25) is 0 Å². The van der Waals surface area contributed by atoms with E-state index in [1.54, 1.807) is 30.3 Å². The second-order valence-electron chi connectivity index (χ2n) is 4.33. The number of phenols is 1. The highest BCUT2D eigenvalue weighted by Crippen LogP contribution is 2.31. The third-order valence-electron chi connectivity index (χ3n) is 2.95. The summed E-state index contributed by atoms with van der Waals surface area (Å²) in [5.41, 5.74) is 3.22. The van der Waals surface area contributed by atoms with Gasteiger partial charge in [0.25, 0.3) is 5.91 Å². The van der Waals surface area contributed by atoms with Crippen molar-refractivity contribution in [3.05, 3.63) is 53.6 Å². The van der Waals surface area contributed by atoms with E-state index in [2.05, 4.69) is 10.5 Å². The second kappa shape index (κ2) is 7.12. The summed E-state index contributed by atoms with van der Waals surface area (Å²) >= 11 is 0. The van der Waals surface area contributed by atoms with Crippen LogP contribution in [-0.4, -0.2) is 31.4 Å². The topological polar surface area (TPSA) is 80.2 Å². The minimum atomic E-state index is -0.344. The van der Waals surface area contributed by atoms with Crippen molar-refractivity contribution >= 4 is 12.1 Å². The van der Waals surface area contributed by atoms with Gasteiger partial charge >= 0.3 is 0 Å². The van der Waals surface area contributed by atoms with Gasteiger partial charge in [-0.25, -0.2) is 5.43 Å². The zero-order valence-electron chi connectivity index (χ0n) is 12.2. The van der Waals surface area contributed by atoms with Crippen molar-refractivity contribution < 1.29 is 19.4 Å². The van der Waals surface area contributed by atoms with Gasteiger partial charge in [-0.2, -0.15) is 5.10 Å². The SMILES string of the molecule is COc1cc(O)c(/C=N/NC(=O)c2ccccc2)c(OC)c1. The molecule has 0 spiro atoms. The molecule has 6 heteroatoms. The molecular formula is C16H16N2O4. The molecule has 1 amide bonds. The quantitative estimate of drug-likeness (QED) is 0.655. The van der Waals surface area contributed by atoms with Crippen LogP contribution < -0.4 is 14.9 Å². The van der Waals surface area contributed by atoms with Crippen LogP contribution in [0, 0.1) is 0 Å². The Labute approximate surface area is 128 Å². The van der Waals surface area contributed by atoms with Crippen molar-refractivity contribution in [2.45, 2.75) is 0 Å². The fraction of sp³-hybridized carbons (Fsp3) is 0.125. The molecule has 2 N–H and O–H groups in total. The molecule has 0 aliphatic carbocycles. The maximum Gasteiger partial charge on any atom is 0.271 e. The van der Waals surface area contributed by atoms with E-state index in [1.807, 2.05) is 6.07 Å². The Morgan fingerprint density at radius 3 is 2.55 bits per heavy atom. The van der Waals surface area contributed by atoms with Crippen molar-refractivity contribution in [3.63, 3.8) is 0 Å². The summed E-state index contributed by atoms with van der Waals surface area (Å²) in [6, 6.07) is 11.7. The smallest absolute Gasteiger partial charge is 0.271 e. The van der Waals surface area contributed by atoms with Crippen LogP contribution in [0.4, 0.5) is 0 Å². The first kappa shape index (κ1) is 15.4. The van der Waals surface area contributed by atoms with Gasteiger partial charge < -0.3 is 14.6 Å². The van der Waals surface area contributed by atoms with Crippen LogP contribution >= 0.6 is 0 Å². The molecular weight excluding hydrogens is 284 g/mol. The molecule has 0 aliphatic heterocycles. The number of amides is 1. The predicted octanol–water partition coefficient (Wildman–Crippen LogP) is 2.17. The number of rotatable bonds is 5. The van der Waals surface area contributed by atoms with Crippen molar-refractivity contribution in [3.8, 4) is 17.2 Å². The zero-order valence-corrected chi connectivity index (χ0v) is 12.2. The molecule has 0 saturated carbocycles. The molecule has 0 fully saturated rings. The Bertz CT molecular complexity index is 684. The van der Waals surface area contributed by atoms with Crippen LogP contribution in [0.2, 0.25) is 0 Å². The average Bonchev–Trinajstić information content (AvgIpc) is 2.56. The van der Waals surface area contributed by atoms with E-state index in [-0.39, 0.29) is 11.7 Å². The number of hydrazone groups is 1. The molecule has 114 valence electrons. The van der Waals surface area contributed by atoms with Crippen LogP contribution in [-0.2, 0) is 0 Å². The maximum absolute atomic E-state index is 11.8. The molecule has 22 heavy (non-hydrogen) atoms. The lowest BCUT2D eigenvalue weighted by Crippen LogP contribution is -2.17. The van der Waals surface area contributed by atoms with Crippen LogP contribution in [0.3, 0.4) is 0 Å². The first-order chi connectivity index (χ1) is 10.7. The monoisotopic (exact) mass is 300 g/mol. The molecule has 0 aliphatic rings. The van der Waals surface area contributed by atoms with Crippen molar-refractivity contribution in [2.75, 3.05) is 14.2 Å². The largest absolute Gasteiger partial charge is 0.507 e. The van der Waals surface area contributed by atoms with E-state index in [1.165, 1.54) is 26.5 Å². The van der Waals surface area contributed by atoms with Gasteiger partial charge in [0, 0.05) is 17.7 Å². The zero-order chi connectivity index (χ0) is 15.9. The number of carbonyl (C=O) groups excluding carboxylic acids is 1. The molecule has 0 heterocycles. The summed E-state index contributed by atoms with van der Waals surface area (Å²) in [5.74, 6) is 0.437. The fourth-order valence-electron chi connectivity index (χ4n) is 1.81. The standard InChI is InChI=1S/C16H16N2O4/c1-21-12-8-14(19)13(15(9-12)22-2)10-17-18-16(20)11-6-4-3-5-7-11/h3-10,19H,1-2H3,(H,18,20)/b17-10+. The highest BCUT2D eigenvalue weighted by atomic mass is 16.5. The minimum absolute atomic E-state index is 0.0612. The number of benzene rings is 2. The van der Waals surface area contributed by atoms with Gasteiger partial charge in [-0.1, -0.05) is 18.2 Å². The third kappa shape index (κ3) is 3.54. The molecule has 6 nitrogen and oxygen atoms in total. The number of hydrogen-bond acceptors (Lipinski definition) is 5. The maximum atomic E-state index is 11.8. The molecule has 0 unspecified atom stereocenters. The Hall–Kier alpha value is -3.02. The number of methoxy groups -OCH3 is 2. The molecule has 0 saturated heterocycles. The van der Waals surface area contributed by atoms with Gasteiger partial charge in [-0.3, -0.25) is 4.79 Å². The van der Waals surface area contributed by atoms with Crippen LogP contribution in [0.15, 0.2) is 47.6 Å². The Kier molecular flexibility index (Phi) is 4.98. The normalized spacial score (nSPS) is 10.5. The number of ether oxygens (including phenoxy) is 2. The Morgan fingerprint density at radius 2 is 1.91 bits per heavy atom. The summed E-state index contributed by atoms with van der Waals surface area (Å²) in [5, 5.41) is 13.8. The third-order valence-corrected chi connectivity index (χ3v) is 2.95. The van der Waals surface area contributed by atoms with E-state index in [0.29, 0.717) is 22.6 Å². The lowest BCUT2D eigenvalue weighted by molar-refractivity contribution is 0.0955. The first-order valence-corrected chi connectivity index (χ1v) is 6.49. The van der Waals surface area contributed by atoms with E-state index >= 15 is 0 Å². The van der Waals surface area contributed by atoms with Gasteiger partial charge in [-0.05, 0) is 12.1 Å². The van der Waals surface area contributed by atoms with Gasteiger partial charge in [-0.15, -0.1) is 0 Å². The van der Waals surface area contributed by atoms with Gasteiger partial charge in [0.15, 0.2) is 0 Å². The van der Waals surface area contributed by atoms with Crippen molar-refractivity contribution in [2.24, 2.45) is 5.10 Å². The predicted molar refractivity (Wildman–Crippen MR) is 82.7 cm³/mol. The molecule has 0 atom stereocenters. The summed E-state index contributed by atoms with van der Waals surface area (Å²) in [7, 11) is 2.95. The highest BCUT2D eigenvalue weighted by Gasteiger charge is 2.10. The summed E-state index contributed by atoms with van der Waals surface area (Å²) in [6.07, 6.45) is 1.31. The molecule has 2 aromatic carbocycles. The van der Waals surface area contributed by atoms with E-state index in [4.69, 9.17) is 9.47 Å².